The Kier molecular flexibility index (Phi) is 10.4. The van der Waals surface area contributed by atoms with E-state index in [9.17, 15) is 28.8 Å². The third-order valence-electron chi connectivity index (χ3n) is 6.37. The van der Waals surface area contributed by atoms with E-state index in [4.69, 9.17) is 32.7 Å². The van der Waals surface area contributed by atoms with Crippen LogP contribution in [0.3, 0.4) is 0 Å². The highest BCUT2D eigenvalue weighted by Gasteiger charge is 2.44. The summed E-state index contributed by atoms with van der Waals surface area (Å²) >= 11 is 11.7. The van der Waals surface area contributed by atoms with Crippen molar-refractivity contribution in [3.8, 4) is 0 Å². The first kappa shape index (κ1) is 32.2. The van der Waals surface area contributed by atoms with Gasteiger partial charge in [0, 0.05) is 21.4 Å². The van der Waals surface area contributed by atoms with Crippen LogP contribution in [-0.4, -0.2) is 59.7 Å². The van der Waals surface area contributed by atoms with Crippen LogP contribution in [0.4, 0.5) is 11.4 Å². The Balaban J connectivity index is 1.40. The van der Waals surface area contributed by atoms with Crippen molar-refractivity contribution in [1.82, 2.24) is 4.90 Å². The number of ether oxygens (including phenoxy) is 2. The summed E-state index contributed by atoms with van der Waals surface area (Å²) in [5.74, 6) is -4.76. The Morgan fingerprint density at radius 3 is 1.75 bits per heavy atom. The number of nitrogens with zero attached hydrogens (tertiary/aromatic N) is 1. The molecule has 0 radical (unpaired) electrons. The number of benzene rings is 3. The molecule has 1 aliphatic heterocycles. The smallest absolute Gasteiger partial charge is 0.338 e. The van der Waals surface area contributed by atoms with Gasteiger partial charge in [-0.3, -0.25) is 24.1 Å². The first-order valence-electron chi connectivity index (χ1n) is 13.4. The number of anilines is 2. The zero-order chi connectivity index (χ0) is 32.0. The van der Waals surface area contributed by atoms with E-state index in [1.54, 1.807) is 62.4 Å². The minimum absolute atomic E-state index is 0.0194. The van der Waals surface area contributed by atoms with Crippen molar-refractivity contribution < 1.29 is 38.2 Å². The summed E-state index contributed by atoms with van der Waals surface area (Å²) in [5.41, 5.74) is 0.680. The van der Waals surface area contributed by atoms with Gasteiger partial charge >= 0.3 is 11.9 Å². The van der Waals surface area contributed by atoms with Gasteiger partial charge in [-0.25, -0.2) is 9.59 Å². The van der Waals surface area contributed by atoms with Crippen LogP contribution in [0, 0.1) is 5.92 Å². The largest absolute Gasteiger partial charge is 0.454 e. The molecule has 3 aromatic carbocycles. The molecule has 0 saturated heterocycles. The molecule has 1 unspecified atom stereocenters. The highest BCUT2D eigenvalue weighted by molar-refractivity contribution is 6.31. The van der Waals surface area contributed by atoms with Crippen LogP contribution in [0.25, 0.3) is 0 Å². The lowest BCUT2D eigenvalue weighted by Crippen LogP contribution is -2.46. The zero-order valence-corrected chi connectivity index (χ0v) is 25.1. The lowest BCUT2D eigenvalue weighted by molar-refractivity contribution is -0.151. The normalized spacial score (nSPS) is 12.9. The molecule has 0 saturated carbocycles. The van der Waals surface area contributed by atoms with E-state index in [2.05, 4.69) is 10.6 Å². The number of nitrogens with one attached hydrogen (secondary N) is 2. The molecule has 44 heavy (non-hydrogen) atoms. The molecule has 1 atom stereocenters. The number of carbonyl (C=O) groups is 6. The fourth-order valence-electron chi connectivity index (χ4n) is 4.33. The number of hydrogen-bond donors (Lipinski definition) is 2. The fourth-order valence-corrected chi connectivity index (χ4v) is 4.58. The average molecular weight is 640 g/mol. The van der Waals surface area contributed by atoms with Crippen molar-refractivity contribution >= 4 is 70.1 Å². The van der Waals surface area contributed by atoms with Crippen molar-refractivity contribution in [3.63, 3.8) is 0 Å². The van der Waals surface area contributed by atoms with E-state index in [0.29, 0.717) is 21.4 Å². The number of esters is 2. The van der Waals surface area contributed by atoms with Crippen molar-refractivity contribution in [2.24, 2.45) is 5.92 Å². The van der Waals surface area contributed by atoms with Gasteiger partial charge in [-0.05, 0) is 79.1 Å². The van der Waals surface area contributed by atoms with Gasteiger partial charge in [-0.1, -0.05) is 37.0 Å². The molecular formula is C31H27Cl2N3O8. The minimum atomic E-state index is -1.32. The summed E-state index contributed by atoms with van der Waals surface area (Å²) in [6.07, 6.45) is 0.0702. The van der Waals surface area contributed by atoms with Crippen molar-refractivity contribution in [2.75, 3.05) is 23.8 Å². The summed E-state index contributed by atoms with van der Waals surface area (Å²) in [7, 11) is 0. The second kappa shape index (κ2) is 14.2. The molecule has 4 rings (SSSR count). The maximum absolute atomic E-state index is 13.4. The molecule has 0 fully saturated rings. The minimum Gasteiger partial charge on any atom is -0.454 e. The Morgan fingerprint density at radius 2 is 1.23 bits per heavy atom. The van der Waals surface area contributed by atoms with E-state index < -0.39 is 54.8 Å². The monoisotopic (exact) mass is 639 g/mol. The highest BCUT2D eigenvalue weighted by Crippen LogP contribution is 2.29. The SMILES string of the molecule is CC(C)CC(C(=O)OCC(=O)Nc1ccc(Cl)cc1)N1C(=O)c2ccc(C(=O)OCC(=O)Nc3ccc(Cl)cc3)cc2C1=O. The summed E-state index contributed by atoms with van der Waals surface area (Å²) in [6.45, 7) is 2.33. The molecular weight excluding hydrogens is 613 g/mol. The molecule has 2 N–H and O–H groups in total. The lowest BCUT2D eigenvalue weighted by atomic mass is 10.0. The third-order valence-corrected chi connectivity index (χ3v) is 6.87. The van der Waals surface area contributed by atoms with E-state index >= 15 is 0 Å². The van der Waals surface area contributed by atoms with Crippen LogP contribution >= 0.6 is 23.2 Å². The van der Waals surface area contributed by atoms with Crippen LogP contribution in [0.15, 0.2) is 66.7 Å². The Bertz CT molecular complexity index is 1610. The van der Waals surface area contributed by atoms with Crippen molar-refractivity contribution in [1.29, 1.82) is 0 Å². The number of rotatable bonds is 11. The predicted octanol–water partition coefficient (Wildman–Crippen LogP) is 4.98. The predicted molar refractivity (Wildman–Crippen MR) is 162 cm³/mol. The molecule has 4 amide bonds. The van der Waals surface area contributed by atoms with Gasteiger partial charge in [0.1, 0.15) is 6.04 Å². The molecule has 13 heteroatoms. The van der Waals surface area contributed by atoms with Gasteiger partial charge in [0.2, 0.25) is 0 Å². The summed E-state index contributed by atoms with van der Waals surface area (Å²) in [6, 6.07) is 15.0. The van der Waals surface area contributed by atoms with Crippen molar-refractivity contribution in [3.05, 3.63) is 93.5 Å². The second-order valence-electron chi connectivity index (χ2n) is 10.2. The maximum Gasteiger partial charge on any atom is 0.338 e. The van der Waals surface area contributed by atoms with Crippen molar-refractivity contribution in [2.45, 2.75) is 26.3 Å². The molecule has 228 valence electrons. The number of fused-ring (bicyclic) bond motifs is 1. The van der Waals surface area contributed by atoms with E-state index in [1.165, 1.54) is 18.2 Å². The van der Waals surface area contributed by atoms with E-state index in [-0.39, 0.29) is 29.0 Å². The van der Waals surface area contributed by atoms with Crippen LogP contribution in [0.1, 0.15) is 51.3 Å². The lowest BCUT2D eigenvalue weighted by Gasteiger charge is -2.25. The van der Waals surface area contributed by atoms with E-state index in [0.717, 1.165) is 4.90 Å². The zero-order valence-electron chi connectivity index (χ0n) is 23.6. The van der Waals surface area contributed by atoms with Crippen LogP contribution in [0.2, 0.25) is 10.0 Å². The van der Waals surface area contributed by atoms with Crippen LogP contribution < -0.4 is 10.6 Å². The fraction of sp³-hybridized carbons (Fsp3) is 0.226. The van der Waals surface area contributed by atoms with Gasteiger partial charge in [0.05, 0.1) is 16.7 Å². The standard InChI is InChI=1S/C31H27Cl2N3O8/c1-17(2)13-25(31(42)44-16-27(38)35-22-10-6-20(33)7-11-22)36-28(39)23-12-3-18(14-24(23)29(36)40)30(41)43-15-26(37)34-21-8-4-19(32)5-9-21/h3-12,14,17,25H,13,15-16H2,1-2H3,(H,34,37)(H,35,38). The molecule has 1 heterocycles. The molecule has 3 aromatic rings. The number of halogens is 2. The number of imide groups is 1. The molecule has 0 aromatic heterocycles. The third kappa shape index (κ3) is 8.00. The summed E-state index contributed by atoms with van der Waals surface area (Å²) in [4.78, 5) is 77.7. The molecule has 0 spiro atoms. The molecule has 11 nitrogen and oxygen atoms in total. The van der Waals surface area contributed by atoms with Gasteiger partial charge in [0.25, 0.3) is 23.6 Å². The van der Waals surface area contributed by atoms with Gasteiger partial charge in [-0.15, -0.1) is 0 Å². The topological polar surface area (TPSA) is 148 Å². The Morgan fingerprint density at radius 1 is 0.727 bits per heavy atom. The van der Waals surface area contributed by atoms with Gasteiger partial charge in [-0.2, -0.15) is 0 Å². The first-order valence-corrected chi connectivity index (χ1v) is 14.1. The first-order chi connectivity index (χ1) is 20.9. The number of hydrogen-bond acceptors (Lipinski definition) is 8. The van der Waals surface area contributed by atoms with Crippen LogP contribution in [-0.2, 0) is 23.9 Å². The van der Waals surface area contributed by atoms with E-state index in [1.807, 2.05) is 0 Å². The maximum atomic E-state index is 13.4. The van der Waals surface area contributed by atoms with Gasteiger partial charge < -0.3 is 20.1 Å². The molecule has 0 bridgehead atoms. The average Bonchev–Trinajstić information content (AvgIpc) is 3.24. The number of carbonyl (C=O) groups excluding carboxylic acids is 6. The molecule has 1 aliphatic rings. The quantitative estimate of drug-likeness (QED) is 0.220. The second-order valence-corrected chi connectivity index (χ2v) is 11.1. The van der Waals surface area contributed by atoms with Crippen LogP contribution in [0.5, 0.6) is 0 Å². The summed E-state index contributed by atoms with van der Waals surface area (Å²) < 4.78 is 10.3. The highest BCUT2D eigenvalue weighted by atomic mass is 35.5. The Hall–Kier alpha value is -4.74. The summed E-state index contributed by atoms with van der Waals surface area (Å²) in [5, 5.41) is 6.08. The Labute approximate surface area is 262 Å². The molecule has 0 aliphatic carbocycles. The number of amides is 4. The van der Waals surface area contributed by atoms with Gasteiger partial charge in [0.15, 0.2) is 13.2 Å².